The highest BCUT2D eigenvalue weighted by Gasteiger charge is 2.29. The predicted octanol–water partition coefficient (Wildman–Crippen LogP) is 2.68. The van der Waals surface area contributed by atoms with Crippen LogP contribution in [0.5, 0.6) is 5.75 Å². The van der Waals surface area contributed by atoms with Crippen LogP contribution in [-0.2, 0) is 0 Å². The van der Waals surface area contributed by atoms with E-state index in [1.165, 1.54) is 0 Å². The molecule has 0 atom stereocenters. The van der Waals surface area contributed by atoms with Crippen molar-refractivity contribution in [3.05, 3.63) is 42.5 Å². The Bertz CT molecular complexity index is 493. The number of ether oxygens (including phenoxy) is 1. The average Bonchev–Trinajstić information content (AvgIpc) is 2.52. The second-order valence-corrected chi connectivity index (χ2v) is 5.56. The van der Waals surface area contributed by atoms with E-state index >= 15 is 0 Å². The summed E-state index contributed by atoms with van der Waals surface area (Å²) in [7, 11) is 0. The van der Waals surface area contributed by atoms with Crippen LogP contribution in [0.4, 0.5) is 0 Å². The van der Waals surface area contributed by atoms with Crippen LogP contribution in [0.3, 0.4) is 0 Å². The van der Waals surface area contributed by atoms with Crippen molar-refractivity contribution in [3.8, 4) is 5.75 Å². The molecule has 2 N–H and O–H groups in total. The van der Waals surface area contributed by atoms with Gasteiger partial charge in [-0.2, -0.15) is 0 Å². The first-order chi connectivity index (χ1) is 10.1. The van der Waals surface area contributed by atoms with Crippen molar-refractivity contribution in [1.82, 2.24) is 5.32 Å². The third kappa shape index (κ3) is 4.33. The summed E-state index contributed by atoms with van der Waals surface area (Å²) in [6.07, 6.45) is 6.34. The molecule has 0 spiro atoms. The molecule has 0 radical (unpaired) electrons. The number of carbonyl (C=O) groups excluding carboxylic acids is 1. The van der Waals surface area contributed by atoms with E-state index in [-0.39, 0.29) is 5.91 Å². The lowest BCUT2D eigenvalue weighted by Crippen LogP contribution is -2.44. The van der Waals surface area contributed by atoms with Gasteiger partial charge in [0, 0.05) is 6.54 Å². The molecular weight excluding hydrogens is 266 g/mol. The van der Waals surface area contributed by atoms with E-state index in [1.807, 2.05) is 6.07 Å². The van der Waals surface area contributed by atoms with E-state index in [0.29, 0.717) is 24.5 Å². The summed E-state index contributed by atoms with van der Waals surface area (Å²) in [5, 5.41) is 13.2. The standard InChI is InChI=1S/C17H23NO3/c1-2-12-21-15-9-5-4-8-14(15)16(19)18-13-17(20)10-6-3-7-11-17/h2,4-5,8-9,20H,1,3,6-7,10-13H2,(H,18,19). The Hall–Kier alpha value is -1.81. The Balaban J connectivity index is 1.98. The second kappa shape index (κ2) is 7.27. The fraction of sp³-hybridized carbons (Fsp3) is 0.471. The Kier molecular flexibility index (Phi) is 5.39. The van der Waals surface area contributed by atoms with Gasteiger partial charge in [-0.15, -0.1) is 0 Å². The maximum atomic E-state index is 12.3. The monoisotopic (exact) mass is 289 g/mol. The molecule has 0 aliphatic heterocycles. The van der Waals surface area contributed by atoms with Crippen LogP contribution >= 0.6 is 0 Å². The van der Waals surface area contributed by atoms with Crippen LogP contribution in [0.1, 0.15) is 42.5 Å². The maximum absolute atomic E-state index is 12.3. The molecule has 0 bridgehead atoms. The number of benzene rings is 1. The van der Waals surface area contributed by atoms with Crippen molar-refractivity contribution in [3.63, 3.8) is 0 Å². The minimum Gasteiger partial charge on any atom is -0.489 e. The van der Waals surface area contributed by atoms with Crippen LogP contribution < -0.4 is 10.1 Å². The van der Waals surface area contributed by atoms with E-state index in [2.05, 4.69) is 11.9 Å². The van der Waals surface area contributed by atoms with Crippen LogP contribution in [0.2, 0.25) is 0 Å². The zero-order chi connectivity index (χ0) is 15.1. The fourth-order valence-electron chi connectivity index (χ4n) is 2.66. The molecule has 2 rings (SSSR count). The summed E-state index contributed by atoms with van der Waals surface area (Å²) in [4.78, 5) is 12.3. The van der Waals surface area contributed by atoms with Gasteiger partial charge in [0.15, 0.2) is 0 Å². The van der Waals surface area contributed by atoms with Crippen molar-refractivity contribution in [2.45, 2.75) is 37.7 Å². The minimum atomic E-state index is -0.759. The summed E-state index contributed by atoms with van der Waals surface area (Å²) in [6, 6.07) is 7.10. The number of carbonyl (C=O) groups is 1. The van der Waals surface area contributed by atoms with Crippen LogP contribution in [-0.4, -0.2) is 29.8 Å². The number of para-hydroxylation sites is 1. The maximum Gasteiger partial charge on any atom is 0.255 e. The molecule has 1 aromatic rings. The molecule has 0 saturated heterocycles. The molecule has 21 heavy (non-hydrogen) atoms. The highest BCUT2D eigenvalue weighted by Crippen LogP contribution is 2.27. The number of nitrogens with one attached hydrogen (secondary N) is 1. The Labute approximate surface area is 125 Å². The molecule has 4 nitrogen and oxygen atoms in total. The summed E-state index contributed by atoms with van der Waals surface area (Å²) < 4.78 is 5.48. The fourth-order valence-corrected chi connectivity index (χ4v) is 2.66. The van der Waals surface area contributed by atoms with Crippen LogP contribution in [0.25, 0.3) is 0 Å². The van der Waals surface area contributed by atoms with E-state index in [1.54, 1.807) is 24.3 Å². The van der Waals surface area contributed by atoms with E-state index < -0.39 is 5.60 Å². The molecule has 1 aromatic carbocycles. The number of rotatable bonds is 6. The Morgan fingerprint density at radius 1 is 1.33 bits per heavy atom. The molecule has 1 aliphatic carbocycles. The molecule has 0 aromatic heterocycles. The average molecular weight is 289 g/mol. The summed E-state index contributed by atoms with van der Waals surface area (Å²) in [5.41, 5.74) is -0.274. The molecule has 1 fully saturated rings. The third-order valence-electron chi connectivity index (χ3n) is 3.85. The largest absolute Gasteiger partial charge is 0.489 e. The van der Waals surface area contributed by atoms with Gasteiger partial charge in [-0.1, -0.05) is 44.1 Å². The topological polar surface area (TPSA) is 58.6 Å². The van der Waals surface area contributed by atoms with Gasteiger partial charge in [0.1, 0.15) is 12.4 Å². The minimum absolute atomic E-state index is 0.214. The molecule has 1 aliphatic rings. The Morgan fingerprint density at radius 2 is 2.05 bits per heavy atom. The zero-order valence-corrected chi connectivity index (χ0v) is 12.3. The summed E-state index contributed by atoms with van der Waals surface area (Å²) >= 11 is 0. The van der Waals surface area contributed by atoms with Gasteiger partial charge in [-0.05, 0) is 25.0 Å². The van der Waals surface area contributed by atoms with Gasteiger partial charge in [-0.25, -0.2) is 0 Å². The van der Waals surface area contributed by atoms with Crippen molar-refractivity contribution in [1.29, 1.82) is 0 Å². The highest BCUT2D eigenvalue weighted by molar-refractivity contribution is 5.96. The number of hydrogen-bond acceptors (Lipinski definition) is 3. The third-order valence-corrected chi connectivity index (χ3v) is 3.85. The lowest BCUT2D eigenvalue weighted by molar-refractivity contribution is 0.00522. The second-order valence-electron chi connectivity index (χ2n) is 5.56. The molecule has 4 heteroatoms. The lowest BCUT2D eigenvalue weighted by Gasteiger charge is -2.32. The first-order valence-electron chi connectivity index (χ1n) is 7.48. The molecule has 1 amide bonds. The number of aliphatic hydroxyl groups is 1. The first kappa shape index (κ1) is 15.6. The number of hydrogen-bond donors (Lipinski definition) is 2. The van der Waals surface area contributed by atoms with E-state index in [0.717, 1.165) is 32.1 Å². The number of amides is 1. The first-order valence-corrected chi connectivity index (χ1v) is 7.48. The normalized spacial score (nSPS) is 17.0. The SMILES string of the molecule is C=CCOc1ccccc1C(=O)NCC1(O)CCCCC1. The molecule has 114 valence electrons. The van der Waals surface area contributed by atoms with Gasteiger partial charge in [0.05, 0.1) is 11.2 Å². The van der Waals surface area contributed by atoms with E-state index in [9.17, 15) is 9.90 Å². The van der Waals surface area contributed by atoms with Crippen molar-refractivity contribution in [2.24, 2.45) is 0 Å². The quantitative estimate of drug-likeness (QED) is 0.792. The predicted molar refractivity (Wildman–Crippen MR) is 82.5 cm³/mol. The van der Waals surface area contributed by atoms with E-state index in [4.69, 9.17) is 4.74 Å². The lowest BCUT2D eigenvalue weighted by atomic mass is 9.85. The smallest absolute Gasteiger partial charge is 0.255 e. The van der Waals surface area contributed by atoms with Gasteiger partial charge >= 0.3 is 0 Å². The van der Waals surface area contributed by atoms with Gasteiger partial charge in [0.25, 0.3) is 5.91 Å². The molecule has 1 saturated carbocycles. The highest BCUT2D eigenvalue weighted by atomic mass is 16.5. The van der Waals surface area contributed by atoms with Crippen molar-refractivity contribution in [2.75, 3.05) is 13.2 Å². The van der Waals surface area contributed by atoms with Crippen LogP contribution in [0.15, 0.2) is 36.9 Å². The van der Waals surface area contributed by atoms with Crippen molar-refractivity contribution >= 4 is 5.91 Å². The molecular formula is C17H23NO3. The summed E-state index contributed by atoms with van der Waals surface area (Å²) in [5.74, 6) is 0.319. The Morgan fingerprint density at radius 3 is 2.76 bits per heavy atom. The van der Waals surface area contributed by atoms with Crippen LogP contribution in [0, 0.1) is 0 Å². The molecule has 0 heterocycles. The zero-order valence-electron chi connectivity index (χ0n) is 12.3. The van der Waals surface area contributed by atoms with Gasteiger partial charge < -0.3 is 15.2 Å². The summed E-state index contributed by atoms with van der Waals surface area (Å²) in [6.45, 7) is 4.25. The van der Waals surface area contributed by atoms with Gasteiger partial charge in [-0.3, -0.25) is 4.79 Å². The molecule has 0 unspecified atom stereocenters. The van der Waals surface area contributed by atoms with Gasteiger partial charge in [0.2, 0.25) is 0 Å². The van der Waals surface area contributed by atoms with Crippen molar-refractivity contribution < 1.29 is 14.6 Å².